The molecule has 0 spiro atoms. The molecule has 1 N–H and O–H groups in total. The highest BCUT2D eigenvalue weighted by molar-refractivity contribution is 5.70. The predicted octanol–water partition coefficient (Wildman–Crippen LogP) is 5.86. The molecule has 34 heavy (non-hydrogen) atoms. The van der Waals surface area contributed by atoms with Gasteiger partial charge in [0.25, 0.3) is 0 Å². The molecule has 4 aromatic rings. The smallest absolute Gasteiger partial charge is 0.417 e. The summed E-state index contributed by atoms with van der Waals surface area (Å²) in [5.41, 5.74) is 0.119. The molecule has 174 valence electrons. The number of nitrogens with zero attached hydrogens (tertiary/aromatic N) is 3. The zero-order valence-corrected chi connectivity index (χ0v) is 17.9. The Kier molecular flexibility index (Phi) is 6.62. The van der Waals surface area contributed by atoms with Gasteiger partial charge < -0.3 is 9.84 Å². The number of carboxylic acid groups (broad SMARTS) is 1. The second-order valence-electron chi connectivity index (χ2n) is 7.39. The molecule has 0 radical (unpaired) electrons. The van der Waals surface area contributed by atoms with E-state index < -0.39 is 17.7 Å². The molecule has 1 aromatic heterocycles. The van der Waals surface area contributed by atoms with Gasteiger partial charge in [-0.1, -0.05) is 48.5 Å². The molecule has 0 aliphatic carbocycles. The molecule has 0 unspecified atom stereocenters. The van der Waals surface area contributed by atoms with Crippen molar-refractivity contribution in [2.24, 2.45) is 0 Å². The maximum Gasteiger partial charge on any atom is 0.417 e. The number of rotatable bonds is 8. The van der Waals surface area contributed by atoms with E-state index in [-0.39, 0.29) is 30.2 Å². The highest BCUT2D eigenvalue weighted by Gasteiger charge is 2.35. The summed E-state index contributed by atoms with van der Waals surface area (Å²) in [5.74, 6) is -0.290. The van der Waals surface area contributed by atoms with E-state index in [1.54, 1.807) is 54.6 Å². The van der Waals surface area contributed by atoms with Gasteiger partial charge in [0.05, 0.1) is 23.4 Å². The molecule has 0 bridgehead atoms. The molecule has 4 rings (SSSR count). The van der Waals surface area contributed by atoms with Gasteiger partial charge in [-0.25, -0.2) is 9.67 Å². The lowest BCUT2D eigenvalue weighted by atomic mass is 10.1. The molecule has 0 fully saturated rings. The van der Waals surface area contributed by atoms with Crippen molar-refractivity contribution in [2.75, 3.05) is 6.61 Å². The van der Waals surface area contributed by atoms with Crippen molar-refractivity contribution in [2.45, 2.75) is 19.0 Å². The zero-order chi connectivity index (χ0) is 24.1. The number of benzene rings is 3. The van der Waals surface area contributed by atoms with Crippen molar-refractivity contribution in [3.8, 4) is 34.2 Å². The topological polar surface area (TPSA) is 77.2 Å². The Morgan fingerprint density at radius 2 is 1.56 bits per heavy atom. The Morgan fingerprint density at radius 3 is 2.26 bits per heavy atom. The summed E-state index contributed by atoms with van der Waals surface area (Å²) in [4.78, 5) is 15.2. The SMILES string of the molecule is O=C(O)CCCOc1ccccc1-c1nc(-c2ccccc2C(F)(F)F)n(-c2ccccc2)n1. The lowest BCUT2D eigenvalue weighted by Gasteiger charge is -2.13. The van der Waals surface area contributed by atoms with E-state index in [0.717, 1.165) is 6.07 Å². The number of hydrogen-bond donors (Lipinski definition) is 1. The Morgan fingerprint density at radius 1 is 0.912 bits per heavy atom. The van der Waals surface area contributed by atoms with Crippen LogP contribution in [0.2, 0.25) is 0 Å². The third-order valence-electron chi connectivity index (χ3n) is 5.00. The first kappa shape index (κ1) is 23.0. The van der Waals surface area contributed by atoms with Gasteiger partial charge in [-0.05, 0) is 36.8 Å². The van der Waals surface area contributed by atoms with Crippen LogP contribution in [0, 0.1) is 0 Å². The third kappa shape index (κ3) is 5.09. The highest BCUT2D eigenvalue weighted by Crippen LogP contribution is 2.38. The Labute approximate surface area is 193 Å². The monoisotopic (exact) mass is 467 g/mol. The average molecular weight is 467 g/mol. The van der Waals surface area contributed by atoms with Crippen LogP contribution in [0.4, 0.5) is 13.2 Å². The highest BCUT2D eigenvalue weighted by atomic mass is 19.4. The maximum atomic E-state index is 13.8. The van der Waals surface area contributed by atoms with Crippen molar-refractivity contribution < 1.29 is 27.8 Å². The van der Waals surface area contributed by atoms with Crippen LogP contribution < -0.4 is 4.74 Å². The van der Waals surface area contributed by atoms with E-state index in [1.165, 1.54) is 22.9 Å². The quantitative estimate of drug-likeness (QED) is 0.328. The summed E-state index contributed by atoms with van der Waals surface area (Å²) in [7, 11) is 0. The standard InChI is InChI=1S/C25H20F3N3O3/c26-25(27,28)20-13-6-4-11-18(20)24-29-23(30-31(24)17-9-2-1-3-10-17)19-12-5-7-14-21(19)34-16-8-15-22(32)33/h1-7,9-14H,8,15-16H2,(H,32,33). The van der Waals surface area contributed by atoms with Gasteiger partial charge >= 0.3 is 12.1 Å². The summed E-state index contributed by atoms with van der Waals surface area (Å²) in [6.07, 6.45) is -4.31. The Bertz CT molecular complexity index is 1290. The minimum Gasteiger partial charge on any atom is -0.493 e. The van der Waals surface area contributed by atoms with Gasteiger partial charge in [0.15, 0.2) is 11.6 Å². The molecule has 0 aliphatic heterocycles. The third-order valence-corrected chi connectivity index (χ3v) is 5.00. The van der Waals surface area contributed by atoms with Crippen LogP contribution in [0.1, 0.15) is 18.4 Å². The molecule has 0 saturated carbocycles. The van der Waals surface area contributed by atoms with Gasteiger partial charge in [-0.3, -0.25) is 4.79 Å². The Hall–Kier alpha value is -4.14. The van der Waals surface area contributed by atoms with Crippen LogP contribution in [0.25, 0.3) is 28.5 Å². The largest absolute Gasteiger partial charge is 0.493 e. The molecule has 6 nitrogen and oxygen atoms in total. The molecule has 9 heteroatoms. The summed E-state index contributed by atoms with van der Waals surface area (Å²) >= 11 is 0. The molecular formula is C25H20F3N3O3. The zero-order valence-electron chi connectivity index (χ0n) is 17.9. The summed E-state index contributed by atoms with van der Waals surface area (Å²) in [6.45, 7) is 0.159. The van der Waals surface area contributed by atoms with E-state index in [1.807, 2.05) is 0 Å². The summed E-state index contributed by atoms with van der Waals surface area (Å²) < 4.78 is 48.4. The van der Waals surface area contributed by atoms with Crippen molar-refractivity contribution in [3.05, 3.63) is 84.4 Å². The van der Waals surface area contributed by atoms with Crippen LogP contribution in [-0.4, -0.2) is 32.4 Å². The fourth-order valence-corrected chi connectivity index (χ4v) is 3.46. The van der Waals surface area contributed by atoms with Crippen molar-refractivity contribution in [3.63, 3.8) is 0 Å². The number of aromatic nitrogens is 3. The number of carboxylic acids is 1. The molecule has 3 aromatic carbocycles. The molecular weight excluding hydrogens is 447 g/mol. The van der Waals surface area contributed by atoms with Gasteiger partial charge in [0.2, 0.25) is 0 Å². The average Bonchev–Trinajstić information content (AvgIpc) is 3.27. The van der Waals surface area contributed by atoms with Crippen LogP contribution in [-0.2, 0) is 11.0 Å². The molecule has 0 aliphatic rings. The van der Waals surface area contributed by atoms with E-state index in [0.29, 0.717) is 23.4 Å². The van der Waals surface area contributed by atoms with Gasteiger partial charge in [0.1, 0.15) is 5.75 Å². The van der Waals surface area contributed by atoms with Crippen molar-refractivity contribution in [1.82, 2.24) is 14.8 Å². The van der Waals surface area contributed by atoms with E-state index in [9.17, 15) is 18.0 Å². The van der Waals surface area contributed by atoms with Gasteiger partial charge in [0, 0.05) is 12.0 Å². The van der Waals surface area contributed by atoms with Gasteiger partial charge in [-0.2, -0.15) is 13.2 Å². The number of ether oxygens (including phenoxy) is 1. The van der Waals surface area contributed by atoms with Crippen LogP contribution >= 0.6 is 0 Å². The fourth-order valence-electron chi connectivity index (χ4n) is 3.46. The van der Waals surface area contributed by atoms with E-state index in [4.69, 9.17) is 9.84 Å². The van der Waals surface area contributed by atoms with Gasteiger partial charge in [-0.15, -0.1) is 5.10 Å². The lowest BCUT2D eigenvalue weighted by Crippen LogP contribution is -2.09. The van der Waals surface area contributed by atoms with Crippen molar-refractivity contribution in [1.29, 1.82) is 0 Å². The van der Waals surface area contributed by atoms with Crippen LogP contribution in [0.5, 0.6) is 5.75 Å². The Balaban J connectivity index is 1.81. The second-order valence-corrected chi connectivity index (χ2v) is 7.39. The first-order chi connectivity index (χ1) is 16.3. The maximum absolute atomic E-state index is 13.8. The van der Waals surface area contributed by atoms with Crippen LogP contribution in [0.15, 0.2) is 78.9 Å². The normalized spacial score (nSPS) is 11.4. The molecule has 0 amide bonds. The number of alkyl halides is 3. The number of hydrogen-bond acceptors (Lipinski definition) is 4. The fraction of sp³-hybridized carbons (Fsp3) is 0.160. The number of halogens is 3. The molecule has 0 atom stereocenters. The molecule has 0 saturated heterocycles. The summed E-state index contributed by atoms with van der Waals surface area (Å²) in [6, 6.07) is 20.9. The van der Waals surface area contributed by atoms with E-state index >= 15 is 0 Å². The number of carbonyl (C=O) groups is 1. The molecule has 1 heterocycles. The van der Waals surface area contributed by atoms with Crippen molar-refractivity contribution >= 4 is 5.97 Å². The van der Waals surface area contributed by atoms with E-state index in [2.05, 4.69) is 10.1 Å². The minimum atomic E-state index is -4.57. The first-order valence-electron chi connectivity index (χ1n) is 10.5. The first-order valence-corrected chi connectivity index (χ1v) is 10.5. The van der Waals surface area contributed by atoms with Crippen LogP contribution in [0.3, 0.4) is 0 Å². The number of para-hydroxylation sites is 2. The lowest BCUT2D eigenvalue weighted by molar-refractivity contribution is -0.138. The predicted molar refractivity (Wildman–Crippen MR) is 120 cm³/mol. The summed E-state index contributed by atoms with van der Waals surface area (Å²) in [5, 5.41) is 13.3. The number of aliphatic carboxylic acids is 1. The second kappa shape index (κ2) is 9.78. The minimum absolute atomic E-state index is 0.0369.